The predicted molar refractivity (Wildman–Crippen MR) is 112 cm³/mol. The van der Waals surface area contributed by atoms with Crippen LogP contribution < -0.4 is 5.56 Å². The molecule has 2 aromatic heterocycles. The summed E-state index contributed by atoms with van der Waals surface area (Å²) in [4.78, 5) is 31.9. The van der Waals surface area contributed by atoms with E-state index in [1.54, 1.807) is 4.90 Å². The molecule has 4 aromatic rings. The number of fused-ring (bicyclic) bond motifs is 1. The van der Waals surface area contributed by atoms with Gasteiger partial charge in [0, 0.05) is 24.6 Å². The fraction of sp³-hybridized carbons (Fsp3) is 0.217. The minimum absolute atomic E-state index is 0.0818. The number of hydrogen-bond donors (Lipinski definition) is 0. The van der Waals surface area contributed by atoms with Gasteiger partial charge in [0.05, 0.1) is 0 Å². The lowest BCUT2D eigenvalue weighted by Crippen LogP contribution is -2.35. The maximum Gasteiger partial charge on any atom is 0.267 e. The number of halogens is 1. The third-order valence-corrected chi connectivity index (χ3v) is 5.70. The van der Waals surface area contributed by atoms with Crippen molar-refractivity contribution in [3.05, 3.63) is 82.7 Å². The molecule has 0 saturated carbocycles. The standard InChI is InChI=1S/C23H19FN4O3/c24-18-8-6-16(7-9-18)21-20-22(31-26-21)25-14-28(23(20)30)13-19(29)27-11-10-17(12-27)15-4-2-1-3-5-15/h1-9,14,17H,10-13H2. The highest BCUT2D eigenvalue weighted by atomic mass is 19.1. The molecule has 8 heteroatoms. The summed E-state index contributed by atoms with van der Waals surface area (Å²) in [6.07, 6.45) is 2.19. The number of nitrogens with zero attached hydrogens (tertiary/aromatic N) is 4. The van der Waals surface area contributed by atoms with Crippen molar-refractivity contribution >= 4 is 17.0 Å². The first-order valence-corrected chi connectivity index (χ1v) is 10.0. The number of amides is 1. The Balaban J connectivity index is 1.39. The monoisotopic (exact) mass is 418 g/mol. The van der Waals surface area contributed by atoms with Crippen LogP contribution in [0.25, 0.3) is 22.4 Å². The molecule has 1 atom stereocenters. The van der Waals surface area contributed by atoms with Crippen LogP contribution >= 0.6 is 0 Å². The Bertz CT molecular complexity index is 1300. The van der Waals surface area contributed by atoms with Crippen molar-refractivity contribution < 1.29 is 13.7 Å². The molecule has 0 N–H and O–H groups in total. The van der Waals surface area contributed by atoms with E-state index in [0.717, 1.165) is 6.42 Å². The highest BCUT2D eigenvalue weighted by molar-refractivity contribution is 5.88. The second-order valence-electron chi connectivity index (χ2n) is 7.63. The average Bonchev–Trinajstić information content (AvgIpc) is 3.45. The third kappa shape index (κ3) is 3.61. The maximum absolute atomic E-state index is 13.2. The van der Waals surface area contributed by atoms with E-state index in [2.05, 4.69) is 22.3 Å². The Morgan fingerprint density at radius 3 is 2.68 bits per heavy atom. The largest absolute Gasteiger partial charge is 0.341 e. The van der Waals surface area contributed by atoms with Gasteiger partial charge in [0.1, 0.15) is 29.8 Å². The molecule has 1 fully saturated rings. The van der Waals surface area contributed by atoms with E-state index in [-0.39, 0.29) is 29.2 Å². The van der Waals surface area contributed by atoms with Gasteiger partial charge >= 0.3 is 0 Å². The second-order valence-corrected chi connectivity index (χ2v) is 7.63. The number of carbonyl (C=O) groups is 1. The Kier molecular flexibility index (Phi) is 4.82. The quantitative estimate of drug-likeness (QED) is 0.508. The molecular formula is C23H19FN4O3. The summed E-state index contributed by atoms with van der Waals surface area (Å²) in [6, 6.07) is 15.7. The van der Waals surface area contributed by atoms with Crippen molar-refractivity contribution in [1.29, 1.82) is 0 Å². The van der Waals surface area contributed by atoms with Gasteiger partial charge in [-0.2, -0.15) is 0 Å². The molecule has 156 valence electrons. The molecule has 0 spiro atoms. The van der Waals surface area contributed by atoms with Crippen LogP contribution in [0.15, 0.2) is 70.2 Å². The first kappa shape index (κ1) is 19.2. The van der Waals surface area contributed by atoms with Gasteiger partial charge in [-0.05, 0) is 36.2 Å². The van der Waals surface area contributed by atoms with Crippen LogP contribution in [0.2, 0.25) is 0 Å². The molecule has 7 nitrogen and oxygen atoms in total. The predicted octanol–water partition coefficient (Wildman–Crippen LogP) is 3.21. The first-order valence-electron chi connectivity index (χ1n) is 10.0. The highest BCUT2D eigenvalue weighted by Gasteiger charge is 2.28. The molecule has 1 saturated heterocycles. The minimum atomic E-state index is -0.419. The Hall–Kier alpha value is -3.81. The summed E-state index contributed by atoms with van der Waals surface area (Å²) in [5, 5.41) is 4.10. The van der Waals surface area contributed by atoms with Crippen molar-refractivity contribution in [3.8, 4) is 11.3 Å². The lowest BCUT2D eigenvalue weighted by molar-refractivity contribution is -0.130. The van der Waals surface area contributed by atoms with Crippen molar-refractivity contribution in [2.24, 2.45) is 0 Å². The molecule has 31 heavy (non-hydrogen) atoms. The van der Waals surface area contributed by atoms with E-state index < -0.39 is 11.4 Å². The minimum Gasteiger partial charge on any atom is -0.341 e. The molecule has 1 aliphatic heterocycles. The number of aromatic nitrogens is 3. The first-order chi connectivity index (χ1) is 15.1. The molecule has 0 bridgehead atoms. The Morgan fingerprint density at radius 2 is 1.90 bits per heavy atom. The van der Waals surface area contributed by atoms with Crippen LogP contribution in [0.5, 0.6) is 0 Å². The van der Waals surface area contributed by atoms with Crippen LogP contribution in [0, 0.1) is 5.82 Å². The molecule has 3 heterocycles. The molecule has 2 aromatic carbocycles. The number of benzene rings is 2. The fourth-order valence-electron chi connectivity index (χ4n) is 4.03. The SMILES string of the molecule is O=C(Cn1cnc2onc(-c3ccc(F)cc3)c2c1=O)N1CCC(c2ccccc2)C1. The van der Waals surface area contributed by atoms with E-state index in [1.165, 1.54) is 40.7 Å². The summed E-state index contributed by atoms with van der Waals surface area (Å²) < 4.78 is 19.7. The average molecular weight is 418 g/mol. The Morgan fingerprint density at radius 1 is 1.13 bits per heavy atom. The van der Waals surface area contributed by atoms with Gasteiger partial charge in [-0.25, -0.2) is 9.37 Å². The van der Waals surface area contributed by atoms with Gasteiger partial charge in [-0.1, -0.05) is 35.5 Å². The third-order valence-electron chi connectivity index (χ3n) is 5.70. The normalized spacial score (nSPS) is 16.2. The van der Waals surface area contributed by atoms with E-state index in [4.69, 9.17) is 4.52 Å². The van der Waals surface area contributed by atoms with E-state index in [1.807, 2.05) is 18.2 Å². The molecule has 1 amide bonds. The molecule has 0 radical (unpaired) electrons. The summed E-state index contributed by atoms with van der Waals surface area (Å²) in [7, 11) is 0. The van der Waals surface area contributed by atoms with Crippen LogP contribution in [0.3, 0.4) is 0 Å². The highest BCUT2D eigenvalue weighted by Crippen LogP contribution is 2.27. The van der Waals surface area contributed by atoms with Gasteiger partial charge in [-0.3, -0.25) is 14.2 Å². The summed E-state index contributed by atoms with van der Waals surface area (Å²) in [5.74, 6) is -0.232. The molecule has 5 rings (SSSR count). The fourth-order valence-corrected chi connectivity index (χ4v) is 4.03. The number of likely N-dealkylation sites (tertiary alicyclic amines) is 1. The zero-order chi connectivity index (χ0) is 21.4. The van der Waals surface area contributed by atoms with Crippen LogP contribution in [-0.2, 0) is 11.3 Å². The number of rotatable bonds is 4. The van der Waals surface area contributed by atoms with Gasteiger partial charge in [0.25, 0.3) is 11.3 Å². The Labute approximate surface area is 176 Å². The molecular weight excluding hydrogens is 399 g/mol. The maximum atomic E-state index is 13.2. The van der Waals surface area contributed by atoms with Crippen LogP contribution in [-0.4, -0.2) is 38.6 Å². The van der Waals surface area contributed by atoms with Gasteiger partial charge in [-0.15, -0.1) is 0 Å². The van der Waals surface area contributed by atoms with Crippen LogP contribution in [0.4, 0.5) is 4.39 Å². The smallest absolute Gasteiger partial charge is 0.267 e. The second kappa shape index (κ2) is 7.79. The van der Waals surface area contributed by atoms with Gasteiger partial charge in [0.2, 0.25) is 5.91 Å². The van der Waals surface area contributed by atoms with Crippen molar-refractivity contribution in [2.75, 3.05) is 13.1 Å². The molecule has 1 unspecified atom stereocenters. The lowest BCUT2D eigenvalue weighted by atomic mass is 9.99. The van der Waals surface area contributed by atoms with Gasteiger partial charge in [0.15, 0.2) is 0 Å². The summed E-state index contributed by atoms with van der Waals surface area (Å²) in [5.41, 5.74) is 1.69. The number of carbonyl (C=O) groups excluding carboxylic acids is 1. The lowest BCUT2D eigenvalue weighted by Gasteiger charge is -2.17. The van der Waals surface area contributed by atoms with E-state index in [9.17, 15) is 14.0 Å². The molecule has 0 aliphatic carbocycles. The summed E-state index contributed by atoms with van der Waals surface area (Å²) in [6.45, 7) is 1.16. The van der Waals surface area contributed by atoms with Crippen molar-refractivity contribution in [3.63, 3.8) is 0 Å². The van der Waals surface area contributed by atoms with Crippen molar-refractivity contribution in [1.82, 2.24) is 19.6 Å². The number of hydrogen-bond acceptors (Lipinski definition) is 5. The van der Waals surface area contributed by atoms with Gasteiger partial charge < -0.3 is 9.42 Å². The zero-order valence-corrected chi connectivity index (χ0v) is 16.6. The van der Waals surface area contributed by atoms with E-state index in [0.29, 0.717) is 24.6 Å². The zero-order valence-electron chi connectivity index (χ0n) is 16.6. The summed E-state index contributed by atoms with van der Waals surface area (Å²) >= 11 is 0. The van der Waals surface area contributed by atoms with Crippen molar-refractivity contribution in [2.45, 2.75) is 18.9 Å². The topological polar surface area (TPSA) is 81.2 Å². The van der Waals surface area contributed by atoms with E-state index >= 15 is 0 Å². The molecule has 1 aliphatic rings. The van der Waals surface area contributed by atoms with Crippen LogP contribution in [0.1, 0.15) is 17.9 Å².